The Bertz CT molecular complexity index is 442. The quantitative estimate of drug-likeness (QED) is 0.720. The minimum absolute atomic E-state index is 0.0217. The minimum atomic E-state index is -0.447. The van der Waals surface area contributed by atoms with Gasteiger partial charge in [0.25, 0.3) is 0 Å². The van der Waals surface area contributed by atoms with E-state index in [-0.39, 0.29) is 17.9 Å². The molecule has 2 N–H and O–H groups in total. The Morgan fingerprint density at radius 2 is 2.35 bits per heavy atom. The largest absolute Gasteiger partial charge is 0.348 e. The van der Waals surface area contributed by atoms with Gasteiger partial charge in [-0.25, -0.2) is 4.98 Å². The zero-order valence-corrected chi connectivity index (χ0v) is 9.35. The minimum Gasteiger partial charge on any atom is -0.348 e. The van der Waals surface area contributed by atoms with Gasteiger partial charge in [-0.15, -0.1) is 0 Å². The molecule has 2 aliphatic heterocycles. The van der Waals surface area contributed by atoms with Crippen LogP contribution in [0.1, 0.15) is 18.5 Å². The van der Waals surface area contributed by atoms with E-state index in [9.17, 15) is 9.59 Å². The zero-order valence-electron chi connectivity index (χ0n) is 9.35. The molecule has 0 bridgehead atoms. The smallest absolute Gasteiger partial charge is 0.246 e. The number of hydrogen-bond donors (Lipinski definition) is 2. The number of piperazine rings is 1. The maximum Gasteiger partial charge on any atom is 0.246 e. The summed E-state index contributed by atoms with van der Waals surface area (Å²) in [6, 6.07) is -0.683. The second-order valence-electron chi connectivity index (χ2n) is 4.53. The van der Waals surface area contributed by atoms with E-state index in [1.165, 1.54) is 0 Å². The summed E-state index contributed by atoms with van der Waals surface area (Å²) in [5.74, 6) is 0.00770. The first-order valence-electron chi connectivity index (χ1n) is 5.84. The molecule has 2 fully saturated rings. The molecule has 6 heteroatoms. The summed E-state index contributed by atoms with van der Waals surface area (Å²) >= 11 is 0. The number of amides is 2. The molecule has 0 spiro atoms. The topological polar surface area (TPSA) is 78.1 Å². The third-order valence-corrected chi connectivity index (χ3v) is 3.43. The van der Waals surface area contributed by atoms with Crippen LogP contribution in [0.5, 0.6) is 0 Å². The van der Waals surface area contributed by atoms with Crippen molar-refractivity contribution in [1.82, 2.24) is 20.2 Å². The van der Waals surface area contributed by atoms with Crippen LogP contribution in [0.25, 0.3) is 0 Å². The van der Waals surface area contributed by atoms with Crippen LogP contribution in [0.3, 0.4) is 0 Å². The van der Waals surface area contributed by atoms with Gasteiger partial charge in [-0.05, 0) is 12.8 Å². The molecule has 6 nitrogen and oxygen atoms in total. The van der Waals surface area contributed by atoms with E-state index >= 15 is 0 Å². The van der Waals surface area contributed by atoms with Crippen LogP contribution >= 0.6 is 0 Å². The molecule has 0 radical (unpaired) electrons. The van der Waals surface area contributed by atoms with E-state index in [0.717, 1.165) is 18.5 Å². The molecule has 2 aliphatic rings. The van der Waals surface area contributed by atoms with Crippen LogP contribution in [0.4, 0.5) is 0 Å². The predicted molar refractivity (Wildman–Crippen MR) is 59.0 cm³/mol. The van der Waals surface area contributed by atoms with Crippen molar-refractivity contribution in [2.24, 2.45) is 0 Å². The molecular weight excluding hydrogens is 220 g/mol. The van der Waals surface area contributed by atoms with Crippen molar-refractivity contribution in [3.8, 4) is 0 Å². The van der Waals surface area contributed by atoms with Crippen molar-refractivity contribution in [3.63, 3.8) is 0 Å². The van der Waals surface area contributed by atoms with Gasteiger partial charge in [0.2, 0.25) is 11.8 Å². The van der Waals surface area contributed by atoms with E-state index in [1.54, 1.807) is 17.4 Å². The predicted octanol–water partition coefficient (Wildman–Crippen LogP) is -0.558. The number of hydrogen-bond acceptors (Lipinski definition) is 3. The first kappa shape index (κ1) is 10.3. The van der Waals surface area contributed by atoms with Crippen LogP contribution in [0.2, 0.25) is 0 Å². The summed E-state index contributed by atoms with van der Waals surface area (Å²) in [5, 5.41) is 2.80. The number of carbonyl (C=O) groups excluding carboxylic acids is 2. The lowest BCUT2D eigenvalue weighted by Crippen LogP contribution is -2.61. The van der Waals surface area contributed by atoms with Crippen LogP contribution < -0.4 is 5.32 Å². The molecule has 1 aromatic rings. The van der Waals surface area contributed by atoms with Gasteiger partial charge in [0, 0.05) is 24.9 Å². The summed E-state index contributed by atoms with van der Waals surface area (Å²) in [4.78, 5) is 32.5. The number of aromatic nitrogens is 2. The Morgan fingerprint density at radius 1 is 1.47 bits per heavy atom. The fourth-order valence-electron chi connectivity index (χ4n) is 2.59. The second kappa shape index (κ2) is 3.87. The molecule has 0 aliphatic carbocycles. The summed E-state index contributed by atoms with van der Waals surface area (Å²) in [6.45, 7) is 0.705. The highest BCUT2D eigenvalue weighted by Gasteiger charge is 2.42. The number of carbonyl (C=O) groups is 2. The first-order chi connectivity index (χ1) is 8.25. The number of H-pyrrole nitrogens is 1. The highest BCUT2D eigenvalue weighted by molar-refractivity contribution is 5.97. The van der Waals surface area contributed by atoms with Crippen LogP contribution in [0.15, 0.2) is 12.5 Å². The number of aromatic amines is 1. The summed E-state index contributed by atoms with van der Waals surface area (Å²) in [7, 11) is 0. The van der Waals surface area contributed by atoms with Crippen molar-refractivity contribution in [2.45, 2.75) is 31.3 Å². The third kappa shape index (κ3) is 1.69. The van der Waals surface area contributed by atoms with Crippen molar-refractivity contribution in [1.29, 1.82) is 0 Å². The van der Waals surface area contributed by atoms with Gasteiger partial charge in [0.1, 0.15) is 12.1 Å². The maximum absolute atomic E-state index is 12.2. The van der Waals surface area contributed by atoms with Gasteiger partial charge < -0.3 is 15.2 Å². The fraction of sp³-hybridized carbons (Fsp3) is 0.545. The van der Waals surface area contributed by atoms with Crippen molar-refractivity contribution >= 4 is 11.8 Å². The Balaban J connectivity index is 1.77. The fourth-order valence-corrected chi connectivity index (χ4v) is 2.59. The van der Waals surface area contributed by atoms with E-state index in [4.69, 9.17) is 0 Å². The van der Waals surface area contributed by atoms with Gasteiger partial charge in [0.05, 0.1) is 6.33 Å². The molecule has 2 atom stereocenters. The van der Waals surface area contributed by atoms with Gasteiger partial charge in [-0.2, -0.15) is 0 Å². The normalized spacial score (nSPS) is 28.1. The second-order valence-corrected chi connectivity index (χ2v) is 4.53. The first-order valence-corrected chi connectivity index (χ1v) is 5.84. The highest BCUT2D eigenvalue weighted by Crippen LogP contribution is 2.22. The number of rotatable bonds is 2. The molecule has 0 saturated carbocycles. The van der Waals surface area contributed by atoms with Crippen LogP contribution in [-0.2, 0) is 16.0 Å². The SMILES string of the molecule is O=C1N[C@H](Cc2cnc[nH]2)C(=O)N2CCC[C@@H]12. The molecule has 0 unspecified atom stereocenters. The van der Waals surface area contributed by atoms with Gasteiger partial charge in [-0.1, -0.05) is 0 Å². The van der Waals surface area contributed by atoms with Gasteiger partial charge >= 0.3 is 0 Å². The lowest BCUT2D eigenvalue weighted by Gasteiger charge is -2.34. The standard InChI is InChI=1S/C11H14N4O2/c16-10-9-2-1-3-15(9)11(17)8(14-10)4-7-5-12-6-13-7/h5-6,8-9H,1-4H2,(H,12,13)(H,14,16)/t8-,9+/m1/s1. The van der Waals surface area contributed by atoms with Crippen LogP contribution in [0, 0.1) is 0 Å². The molecule has 3 rings (SSSR count). The van der Waals surface area contributed by atoms with Crippen molar-refractivity contribution in [2.75, 3.05) is 6.54 Å². The van der Waals surface area contributed by atoms with Gasteiger partial charge in [0.15, 0.2) is 0 Å². The van der Waals surface area contributed by atoms with E-state index < -0.39 is 6.04 Å². The van der Waals surface area contributed by atoms with E-state index in [2.05, 4.69) is 15.3 Å². The number of nitrogens with zero attached hydrogens (tertiary/aromatic N) is 2. The lowest BCUT2D eigenvalue weighted by atomic mass is 10.0. The third-order valence-electron chi connectivity index (χ3n) is 3.43. The Labute approximate surface area is 98.4 Å². The molecule has 17 heavy (non-hydrogen) atoms. The van der Waals surface area contributed by atoms with Crippen molar-refractivity contribution in [3.05, 3.63) is 18.2 Å². The number of imidazole rings is 1. The molecule has 3 heterocycles. The average molecular weight is 234 g/mol. The molecular formula is C11H14N4O2. The maximum atomic E-state index is 12.2. The zero-order chi connectivity index (χ0) is 11.8. The Kier molecular flexibility index (Phi) is 2.35. The van der Waals surface area contributed by atoms with Gasteiger partial charge in [-0.3, -0.25) is 9.59 Å². The molecule has 90 valence electrons. The van der Waals surface area contributed by atoms with Crippen molar-refractivity contribution < 1.29 is 9.59 Å². The number of nitrogens with one attached hydrogen (secondary N) is 2. The monoisotopic (exact) mass is 234 g/mol. The molecule has 0 aromatic carbocycles. The Hall–Kier alpha value is -1.85. The van der Waals surface area contributed by atoms with E-state index in [0.29, 0.717) is 13.0 Å². The molecule has 2 saturated heterocycles. The molecule has 2 amide bonds. The number of fused-ring (bicyclic) bond motifs is 1. The average Bonchev–Trinajstić information content (AvgIpc) is 2.96. The van der Waals surface area contributed by atoms with E-state index in [1.807, 2.05) is 0 Å². The summed E-state index contributed by atoms with van der Waals surface area (Å²) < 4.78 is 0. The molecule has 1 aromatic heterocycles. The van der Waals surface area contributed by atoms with Crippen LogP contribution in [-0.4, -0.2) is 45.3 Å². The Morgan fingerprint density at radius 3 is 3.12 bits per heavy atom. The highest BCUT2D eigenvalue weighted by atomic mass is 16.2. The summed E-state index contributed by atoms with van der Waals surface area (Å²) in [5.41, 5.74) is 0.862. The summed E-state index contributed by atoms with van der Waals surface area (Å²) in [6.07, 6.45) is 5.43. The lowest BCUT2D eigenvalue weighted by molar-refractivity contribution is -0.147.